The summed E-state index contributed by atoms with van der Waals surface area (Å²) in [5, 5.41) is 0. The third-order valence-corrected chi connectivity index (χ3v) is 3.68. The Morgan fingerprint density at radius 3 is 2.35 bits per heavy atom. The third kappa shape index (κ3) is 2.05. The zero-order chi connectivity index (χ0) is 14.3. The number of rotatable bonds is 2. The van der Waals surface area contributed by atoms with Crippen molar-refractivity contribution in [2.45, 2.75) is 6.92 Å². The molecule has 1 heterocycles. The van der Waals surface area contributed by atoms with Crippen molar-refractivity contribution in [2.75, 3.05) is 19.0 Å². The van der Waals surface area contributed by atoms with E-state index in [2.05, 4.69) is 65.9 Å². The minimum absolute atomic E-state index is 1.01. The first-order valence-corrected chi connectivity index (χ1v) is 6.77. The molecule has 0 saturated carbocycles. The van der Waals surface area contributed by atoms with Crippen LogP contribution in [0.4, 0.5) is 5.69 Å². The van der Waals surface area contributed by atoms with Gasteiger partial charge in [0.2, 0.25) is 0 Å². The van der Waals surface area contributed by atoms with E-state index in [1.807, 2.05) is 14.1 Å². The van der Waals surface area contributed by atoms with Gasteiger partial charge < -0.3 is 9.47 Å². The SMILES string of the molecule is Cc1ccc2c(c1)nc(-c1ccc(N(C)C)cc1)n2C. The summed E-state index contributed by atoms with van der Waals surface area (Å²) in [6.07, 6.45) is 0. The number of benzene rings is 2. The van der Waals surface area contributed by atoms with Crippen molar-refractivity contribution in [3.63, 3.8) is 0 Å². The summed E-state index contributed by atoms with van der Waals surface area (Å²) in [5.41, 5.74) is 5.81. The van der Waals surface area contributed by atoms with Crippen LogP contribution in [0.1, 0.15) is 5.56 Å². The predicted octanol–water partition coefficient (Wildman–Crippen LogP) is 3.61. The maximum Gasteiger partial charge on any atom is 0.140 e. The topological polar surface area (TPSA) is 21.1 Å². The highest BCUT2D eigenvalue weighted by Gasteiger charge is 2.09. The summed E-state index contributed by atoms with van der Waals surface area (Å²) < 4.78 is 2.15. The first-order valence-electron chi connectivity index (χ1n) is 6.77. The molecule has 0 bridgehead atoms. The van der Waals surface area contributed by atoms with E-state index in [1.165, 1.54) is 16.8 Å². The minimum Gasteiger partial charge on any atom is -0.378 e. The predicted molar refractivity (Wildman–Crippen MR) is 85.2 cm³/mol. The van der Waals surface area contributed by atoms with Crippen LogP contribution in [0.2, 0.25) is 0 Å². The highest BCUT2D eigenvalue weighted by atomic mass is 15.1. The lowest BCUT2D eigenvalue weighted by Crippen LogP contribution is -2.08. The molecule has 3 heteroatoms. The number of aromatic nitrogens is 2. The number of hydrogen-bond donors (Lipinski definition) is 0. The second kappa shape index (κ2) is 4.67. The molecule has 0 amide bonds. The van der Waals surface area contributed by atoms with Gasteiger partial charge >= 0.3 is 0 Å². The summed E-state index contributed by atoms with van der Waals surface area (Å²) in [4.78, 5) is 6.87. The van der Waals surface area contributed by atoms with Crippen molar-refractivity contribution in [2.24, 2.45) is 7.05 Å². The molecule has 3 aromatic rings. The molecule has 0 saturated heterocycles. The quantitative estimate of drug-likeness (QED) is 0.705. The van der Waals surface area contributed by atoms with Crippen molar-refractivity contribution in [1.29, 1.82) is 0 Å². The largest absolute Gasteiger partial charge is 0.378 e. The summed E-state index contributed by atoms with van der Waals surface area (Å²) in [6, 6.07) is 14.9. The van der Waals surface area contributed by atoms with Crippen LogP contribution in [-0.4, -0.2) is 23.6 Å². The molecule has 0 unspecified atom stereocenters. The molecular formula is C17H19N3. The van der Waals surface area contributed by atoms with Crippen LogP contribution in [0.25, 0.3) is 22.4 Å². The van der Waals surface area contributed by atoms with Crippen LogP contribution in [-0.2, 0) is 7.05 Å². The number of aryl methyl sites for hydroxylation is 2. The van der Waals surface area contributed by atoms with E-state index >= 15 is 0 Å². The van der Waals surface area contributed by atoms with E-state index in [9.17, 15) is 0 Å². The van der Waals surface area contributed by atoms with Crippen molar-refractivity contribution in [3.05, 3.63) is 48.0 Å². The first kappa shape index (κ1) is 12.7. The highest BCUT2D eigenvalue weighted by molar-refractivity contribution is 5.81. The Balaban J connectivity index is 2.11. The van der Waals surface area contributed by atoms with Gasteiger partial charge in [0, 0.05) is 32.4 Å². The number of fused-ring (bicyclic) bond motifs is 1. The number of nitrogens with zero attached hydrogens (tertiary/aromatic N) is 3. The Hall–Kier alpha value is -2.29. The van der Waals surface area contributed by atoms with Gasteiger partial charge in [-0.15, -0.1) is 0 Å². The van der Waals surface area contributed by atoms with Crippen molar-refractivity contribution in [1.82, 2.24) is 9.55 Å². The average molecular weight is 265 g/mol. The van der Waals surface area contributed by atoms with E-state index in [0.717, 1.165) is 16.9 Å². The fourth-order valence-electron chi connectivity index (χ4n) is 2.48. The van der Waals surface area contributed by atoms with Crippen LogP contribution in [0.3, 0.4) is 0 Å². The average Bonchev–Trinajstić information content (AvgIpc) is 2.75. The monoisotopic (exact) mass is 265 g/mol. The maximum absolute atomic E-state index is 4.77. The second-order valence-corrected chi connectivity index (χ2v) is 5.43. The van der Waals surface area contributed by atoms with E-state index in [0.29, 0.717) is 0 Å². The molecule has 0 spiro atoms. The van der Waals surface area contributed by atoms with Crippen molar-refractivity contribution >= 4 is 16.7 Å². The van der Waals surface area contributed by atoms with Gasteiger partial charge in [0.15, 0.2) is 0 Å². The molecular weight excluding hydrogens is 246 g/mol. The fraction of sp³-hybridized carbons (Fsp3) is 0.235. The van der Waals surface area contributed by atoms with Gasteiger partial charge in [-0.25, -0.2) is 4.98 Å². The Labute approximate surface area is 119 Å². The van der Waals surface area contributed by atoms with Crippen LogP contribution in [0.5, 0.6) is 0 Å². The molecule has 20 heavy (non-hydrogen) atoms. The molecule has 0 atom stereocenters. The smallest absolute Gasteiger partial charge is 0.140 e. The maximum atomic E-state index is 4.77. The Morgan fingerprint density at radius 2 is 1.70 bits per heavy atom. The minimum atomic E-state index is 1.01. The van der Waals surface area contributed by atoms with Crippen LogP contribution in [0, 0.1) is 6.92 Å². The molecule has 3 rings (SSSR count). The molecule has 2 aromatic carbocycles. The lowest BCUT2D eigenvalue weighted by molar-refractivity contribution is 0.959. The van der Waals surface area contributed by atoms with Gasteiger partial charge in [0.25, 0.3) is 0 Å². The zero-order valence-electron chi connectivity index (χ0n) is 12.4. The van der Waals surface area contributed by atoms with E-state index in [1.54, 1.807) is 0 Å². The van der Waals surface area contributed by atoms with Gasteiger partial charge in [-0.05, 0) is 48.9 Å². The summed E-state index contributed by atoms with van der Waals surface area (Å²) in [6.45, 7) is 2.10. The van der Waals surface area contributed by atoms with Gasteiger partial charge in [-0.2, -0.15) is 0 Å². The fourth-order valence-corrected chi connectivity index (χ4v) is 2.48. The lowest BCUT2D eigenvalue weighted by Gasteiger charge is -2.12. The van der Waals surface area contributed by atoms with Gasteiger partial charge in [0.1, 0.15) is 5.82 Å². The Kier molecular flexibility index (Phi) is 2.97. The molecule has 1 aromatic heterocycles. The molecule has 3 nitrogen and oxygen atoms in total. The first-order chi connectivity index (χ1) is 9.56. The third-order valence-electron chi connectivity index (χ3n) is 3.68. The summed E-state index contributed by atoms with van der Waals surface area (Å²) in [5.74, 6) is 1.01. The van der Waals surface area contributed by atoms with Crippen LogP contribution >= 0.6 is 0 Å². The standard InChI is InChI=1S/C17H19N3/c1-12-5-10-16-15(11-12)18-17(20(16)4)13-6-8-14(9-7-13)19(2)3/h5-11H,1-4H3. The molecule has 102 valence electrons. The van der Waals surface area contributed by atoms with Gasteiger partial charge in [0.05, 0.1) is 11.0 Å². The van der Waals surface area contributed by atoms with Crippen molar-refractivity contribution < 1.29 is 0 Å². The van der Waals surface area contributed by atoms with Gasteiger partial charge in [-0.1, -0.05) is 6.07 Å². The number of anilines is 1. The molecule has 0 fully saturated rings. The summed E-state index contributed by atoms with van der Waals surface area (Å²) >= 11 is 0. The molecule has 0 aliphatic rings. The lowest BCUT2D eigenvalue weighted by atomic mass is 10.2. The van der Waals surface area contributed by atoms with Gasteiger partial charge in [-0.3, -0.25) is 0 Å². The summed E-state index contributed by atoms with van der Waals surface area (Å²) in [7, 11) is 6.17. The normalized spacial score (nSPS) is 11.0. The van der Waals surface area contributed by atoms with E-state index < -0.39 is 0 Å². The zero-order valence-corrected chi connectivity index (χ0v) is 12.4. The molecule has 0 aliphatic heterocycles. The number of hydrogen-bond acceptors (Lipinski definition) is 2. The highest BCUT2D eigenvalue weighted by Crippen LogP contribution is 2.25. The Morgan fingerprint density at radius 1 is 1.00 bits per heavy atom. The molecule has 0 aliphatic carbocycles. The molecule has 0 radical (unpaired) electrons. The Bertz CT molecular complexity index is 752. The van der Waals surface area contributed by atoms with E-state index in [4.69, 9.17) is 4.98 Å². The number of imidazole rings is 1. The van der Waals surface area contributed by atoms with Crippen molar-refractivity contribution in [3.8, 4) is 11.4 Å². The molecule has 0 N–H and O–H groups in total. The van der Waals surface area contributed by atoms with Crippen LogP contribution < -0.4 is 4.90 Å². The van der Waals surface area contributed by atoms with E-state index in [-0.39, 0.29) is 0 Å². The van der Waals surface area contributed by atoms with Crippen LogP contribution in [0.15, 0.2) is 42.5 Å². The second-order valence-electron chi connectivity index (χ2n) is 5.43.